The monoisotopic (exact) mass is 451 g/mol. The van der Waals surface area contributed by atoms with Crippen LogP contribution in [0.1, 0.15) is 31.2 Å². The first-order valence-corrected chi connectivity index (χ1v) is 12.0. The molecule has 1 aliphatic carbocycles. The largest absolute Gasteiger partial charge is 0.365 e. The van der Waals surface area contributed by atoms with Gasteiger partial charge in [-0.1, -0.05) is 18.2 Å². The standard InChI is InChI=1S/C27H29N7/c28-14-18-4-8-20(9-5-18)33-17-34(27(29)22-15-30-16-26(22)33)21-10-6-19-7-11-24(32-25(19)13-21)23-3-1-2-12-31-23/h1-3,6-7,10-13,15-16,18,20,29-30H,4-5,8-9,14,17,28H2. The molecule has 0 bridgehead atoms. The number of amidine groups is 1. The van der Waals surface area contributed by atoms with Crippen LogP contribution < -0.4 is 15.5 Å². The van der Waals surface area contributed by atoms with Crippen molar-refractivity contribution < 1.29 is 0 Å². The van der Waals surface area contributed by atoms with Crippen molar-refractivity contribution in [1.29, 1.82) is 5.41 Å². The van der Waals surface area contributed by atoms with Gasteiger partial charge in [0, 0.05) is 35.7 Å². The molecule has 1 aliphatic heterocycles. The van der Waals surface area contributed by atoms with Crippen LogP contribution in [0, 0.1) is 11.3 Å². The average Bonchev–Trinajstić information content (AvgIpc) is 3.40. The summed E-state index contributed by atoms with van der Waals surface area (Å²) in [5, 5.41) is 10.0. The maximum atomic E-state index is 8.96. The van der Waals surface area contributed by atoms with Gasteiger partial charge in [-0.3, -0.25) is 10.4 Å². The molecule has 0 spiro atoms. The zero-order valence-electron chi connectivity index (χ0n) is 19.1. The first-order valence-electron chi connectivity index (χ1n) is 12.0. The van der Waals surface area contributed by atoms with Gasteiger partial charge in [0.15, 0.2) is 0 Å². The number of nitrogens with two attached hydrogens (primary N) is 1. The van der Waals surface area contributed by atoms with Crippen LogP contribution in [-0.2, 0) is 0 Å². The lowest BCUT2D eigenvalue weighted by Gasteiger charge is -2.44. The molecule has 172 valence electrons. The quantitative estimate of drug-likeness (QED) is 0.416. The summed E-state index contributed by atoms with van der Waals surface area (Å²) >= 11 is 0. The fraction of sp³-hybridized carbons (Fsp3) is 0.296. The molecule has 34 heavy (non-hydrogen) atoms. The van der Waals surface area contributed by atoms with E-state index in [0.717, 1.165) is 58.6 Å². The molecule has 7 heteroatoms. The van der Waals surface area contributed by atoms with Crippen LogP contribution in [0.4, 0.5) is 11.4 Å². The van der Waals surface area contributed by atoms with Gasteiger partial charge < -0.3 is 20.5 Å². The minimum absolute atomic E-state index is 0.460. The van der Waals surface area contributed by atoms with Crippen molar-refractivity contribution in [2.45, 2.75) is 31.7 Å². The number of pyridine rings is 2. The molecule has 0 amide bonds. The van der Waals surface area contributed by atoms with Crippen LogP contribution in [-0.4, -0.2) is 40.0 Å². The SMILES string of the molecule is N=C1c2c[nH]cc2N(C2CCC(CN)CC2)CN1c1ccc2ccc(-c3ccccn3)nc2c1. The van der Waals surface area contributed by atoms with Crippen LogP contribution >= 0.6 is 0 Å². The van der Waals surface area contributed by atoms with E-state index in [4.69, 9.17) is 16.1 Å². The number of nitrogens with one attached hydrogen (secondary N) is 2. The Hall–Kier alpha value is -3.71. The molecular weight excluding hydrogens is 422 g/mol. The third-order valence-electron chi connectivity index (χ3n) is 7.36. The summed E-state index contributed by atoms with van der Waals surface area (Å²) in [6, 6.07) is 16.7. The summed E-state index contributed by atoms with van der Waals surface area (Å²) in [5.74, 6) is 1.16. The van der Waals surface area contributed by atoms with Gasteiger partial charge >= 0.3 is 0 Å². The topological polar surface area (TPSA) is 97.9 Å². The van der Waals surface area contributed by atoms with E-state index in [-0.39, 0.29) is 0 Å². The number of aromatic amines is 1. The fourth-order valence-electron chi connectivity index (χ4n) is 5.37. The number of H-pyrrole nitrogens is 1. The molecule has 0 saturated heterocycles. The first-order chi connectivity index (χ1) is 16.7. The van der Waals surface area contributed by atoms with E-state index >= 15 is 0 Å². The lowest BCUT2D eigenvalue weighted by atomic mass is 9.85. The lowest BCUT2D eigenvalue weighted by molar-refractivity contribution is 0.321. The van der Waals surface area contributed by atoms with E-state index in [1.165, 1.54) is 12.8 Å². The second kappa shape index (κ2) is 8.57. The van der Waals surface area contributed by atoms with Crippen molar-refractivity contribution in [1.82, 2.24) is 15.0 Å². The Morgan fingerprint density at radius 1 is 1.00 bits per heavy atom. The molecule has 4 aromatic rings. The highest BCUT2D eigenvalue weighted by molar-refractivity contribution is 6.13. The Morgan fingerprint density at radius 3 is 2.65 bits per heavy atom. The highest BCUT2D eigenvalue weighted by Crippen LogP contribution is 2.37. The minimum atomic E-state index is 0.460. The van der Waals surface area contributed by atoms with E-state index in [9.17, 15) is 0 Å². The molecule has 1 saturated carbocycles. The number of benzene rings is 1. The van der Waals surface area contributed by atoms with Crippen LogP contribution in [0.5, 0.6) is 0 Å². The van der Waals surface area contributed by atoms with Crippen LogP contribution in [0.2, 0.25) is 0 Å². The highest BCUT2D eigenvalue weighted by atomic mass is 15.4. The average molecular weight is 452 g/mol. The molecular formula is C27H29N7. The molecule has 4 N–H and O–H groups in total. The van der Waals surface area contributed by atoms with Gasteiger partial charge in [0.05, 0.1) is 34.8 Å². The number of fused-ring (bicyclic) bond motifs is 2. The molecule has 1 aromatic carbocycles. The Bertz CT molecular complexity index is 1320. The second-order valence-corrected chi connectivity index (χ2v) is 9.34. The van der Waals surface area contributed by atoms with Crippen molar-refractivity contribution in [2.24, 2.45) is 11.7 Å². The third-order valence-corrected chi connectivity index (χ3v) is 7.36. The van der Waals surface area contributed by atoms with Crippen LogP contribution in [0.15, 0.2) is 67.1 Å². The lowest BCUT2D eigenvalue weighted by Crippen LogP contribution is -2.51. The molecule has 0 radical (unpaired) electrons. The zero-order chi connectivity index (χ0) is 23.1. The van der Waals surface area contributed by atoms with E-state index in [2.05, 4.69) is 44.0 Å². The number of nitrogens with zero attached hydrogens (tertiary/aromatic N) is 4. The van der Waals surface area contributed by atoms with Crippen LogP contribution in [0.3, 0.4) is 0 Å². The normalized spacial score (nSPS) is 20.6. The molecule has 2 aliphatic rings. The molecule has 0 atom stereocenters. The fourth-order valence-corrected chi connectivity index (χ4v) is 5.37. The second-order valence-electron chi connectivity index (χ2n) is 9.34. The zero-order valence-corrected chi connectivity index (χ0v) is 19.1. The Labute approximate surface area is 199 Å². The molecule has 6 rings (SSSR count). The van der Waals surface area contributed by atoms with Gasteiger partial charge in [-0.25, -0.2) is 4.98 Å². The third kappa shape index (κ3) is 3.62. The van der Waals surface area contributed by atoms with Gasteiger partial charge in [0.25, 0.3) is 0 Å². The van der Waals surface area contributed by atoms with Crippen molar-refractivity contribution in [3.8, 4) is 11.4 Å². The number of hydrogen-bond acceptors (Lipinski definition) is 5. The molecule has 0 unspecified atom stereocenters. The summed E-state index contributed by atoms with van der Waals surface area (Å²) < 4.78 is 0. The van der Waals surface area contributed by atoms with Crippen molar-refractivity contribution in [3.63, 3.8) is 0 Å². The summed E-state index contributed by atoms with van der Waals surface area (Å²) in [7, 11) is 0. The molecule has 3 aromatic heterocycles. The smallest absolute Gasteiger partial charge is 0.137 e. The maximum Gasteiger partial charge on any atom is 0.137 e. The van der Waals surface area contributed by atoms with E-state index in [1.807, 2.05) is 36.7 Å². The van der Waals surface area contributed by atoms with E-state index in [1.54, 1.807) is 6.20 Å². The van der Waals surface area contributed by atoms with Gasteiger partial charge in [-0.2, -0.15) is 0 Å². The van der Waals surface area contributed by atoms with Crippen molar-refractivity contribution in [2.75, 3.05) is 23.0 Å². The molecule has 4 heterocycles. The van der Waals surface area contributed by atoms with Crippen molar-refractivity contribution in [3.05, 3.63) is 72.7 Å². The van der Waals surface area contributed by atoms with E-state index in [0.29, 0.717) is 24.5 Å². The summed E-state index contributed by atoms with van der Waals surface area (Å²) in [4.78, 5) is 17.1. The summed E-state index contributed by atoms with van der Waals surface area (Å²) in [6.45, 7) is 1.44. The van der Waals surface area contributed by atoms with Gasteiger partial charge in [-0.15, -0.1) is 0 Å². The molecule has 1 fully saturated rings. The summed E-state index contributed by atoms with van der Waals surface area (Å²) in [5.41, 5.74) is 11.6. The summed E-state index contributed by atoms with van der Waals surface area (Å²) in [6.07, 6.45) is 10.4. The number of rotatable bonds is 4. The Morgan fingerprint density at radius 2 is 1.85 bits per heavy atom. The minimum Gasteiger partial charge on any atom is -0.365 e. The predicted molar refractivity (Wildman–Crippen MR) is 137 cm³/mol. The predicted octanol–water partition coefficient (Wildman–Crippen LogP) is 4.75. The van der Waals surface area contributed by atoms with Gasteiger partial charge in [0.2, 0.25) is 0 Å². The van der Waals surface area contributed by atoms with Gasteiger partial charge in [-0.05, 0) is 68.5 Å². The Balaban J connectivity index is 1.34. The van der Waals surface area contributed by atoms with Gasteiger partial charge in [0.1, 0.15) is 5.84 Å². The van der Waals surface area contributed by atoms with E-state index < -0.39 is 0 Å². The Kier molecular flexibility index (Phi) is 5.26. The number of aromatic nitrogens is 3. The van der Waals surface area contributed by atoms with Crippen LogP contribution in [0.25, 0.3) is 22.3 Å². The highest BCUT2D eigenvalue weighted by Gasteiger charge is 2.34. The number of anilines is 2. The first kappa shape index (κ1) is 20.9. The maximum absolute atomic E-state index is 8.96. The van der Waals surface area contributed by atoms with Crippen molar-refractivity contribution >= 4 is 28.1 Å². The number of hydrogen-bond donors (Lipinski definition) is 3. The molecule has 7 nitrogen and oxygen atoms in total.